The maximum atomic E-state index is 11.7. The van der Waals surface area contributed by atoms with E-state index in [9.17, 15) is 4.79 Å². The average Bonchev–Trinajstić information content (AvgIpc) is 2.90. The van der Waals surface area contributed by atoms with E-state index in [0.717, 1.165) is 13.0 Å². The van der Waals surface area contributed by atoms with Crippen molar-refractivity contribution in [3.63, 3.8) is 0 Å². The van der Waals surface area contributed by atoms with E-state index in [0.29, 0.717) is 28.5 Å². The second-order valence-corrected chi connectivity index (χ2v) is 4.97. The number of nitrogens with one attached hydrogen (secondary N) is 3. The molecule has 0 aliphatic carbocycles. The number of H-pyrrole nitrogens is 1. The first-order valence-corrected chi connectivity index (χ1v) is 6.48. The fourth-order valence-electron chi connectivity index (χ4n) is 1.98. The van der Waals surface area contributed by atoms with Crippen LogP contribution in [0.3, 0.4) is 0 Å². The first kappa shape index (κ1) is 12.7. The van der Waals surface area contributed by atoms with E-state index >= 15 is 0 Å². The van der Waals surface area contributed by atoms with Gasteiger partial charge in [-0.1, -0.05) is 23.2 Å². The lowest BCUT2D eigenvalue weighted by Gasteiger charge is -2.10. The molecule has 17 heavy (non-hydrogen) atoms. The van der Waals surface area contributed by atoms with Crippen molar-refractivity contribution in [3.8, 4) is 0 Å². The van der Waals surface area contributed by atoms with Crippen LogP contribution in [0, 0.1) is 0 Å². The highest BCUT2D eigenvalue weighted by atomic mass is 35.5. The van der Waals surface area contributed by atoms with Gasteiger partial charge in [0, 0.05) is 12.6 Å². The van der Waals surface area contributed by atoms with E-state index in [-0.39, 0.29) is 5.91 Å². The van der Waals surface area contributed by atoms with Crippen LogP contribution in [0.15, 0.2) is 6.07 Å². The monoisotopic (exact) mass is 275 g/mol. The minimum atomic E-state index is -0.170. The Bertz CT molecular complexity index is 380. The lowest BCUT2D eigenvalue weighted by Crippen LogP contribution is -2.30. The summed E-state index contributed by atoms with van der Waals surface area (Å²) in [5.41, 5.74) is 0.402. The molecule has 94 valence electrons. The fraction of sp³-hybridized carbons (Fsp3) is 0.545. The van der Waals surface area contributed by atoms with Crippen molar-refractivity contribution in [2.75, 3.05) is 13.1 Å². The van der Waals surface area contributed by atoms with E-state index in [1.165, 1.54) is 18.9 Å². The van der Waals surface area contributed by atoms with Crippen LogP contribution in [0.2, 0.25) is 10.2 Å². The van der Waals surface area contributed by atoms with Crippen molar-refractivity contribution in [1.82, 2.24) is 15.6 Å². The lowest BCUT2D eigenvalue weighted by molar-refractivity contribution is 0.0948. The van der Waals surface area contributed by atoms with Gasteiger partial charge >= 0.3 is 0 Å². The first-order chi connectivity index (χ1) is 8.16. The second-order valence-electron chi connectivity index (χ2n) is 4.18. The van der Waals surface area contributed by atoms with Gasteiger partial charge in [-0.05, 0) is 31.9 Å². The van der Waals surface area contributed by atoms with Crippen molar-refractivity contribution in [2.45, 2.75) is 25.3 Å². The normalized spacial score (nSPS) is 19.5. The van der Waals surface area contributed by atoms with Crippen LogP contribution in [-0.4, -0.2) is 30.0 Å². The Morgan fingerprint density at radius 2 is 2.35 bits per heavy atom. The summed E-state index contributed by atoms with van der Waals surface area (Å²) in [6, 6.07) is 2.07. The Morgan fingerprint density at radius 1 is 1.53 bits per heavy atom. The molecule has 1 aliphatic rings. The largest absolute Gasteiger partial charge is 0.351 e. The van der Waals surface area contributed by atoms with Gasteiger partial charge in [0.25, 0.3) is 5.91 Å². The van der Waals surface area contributed by atoms with E-state index in [1.54, 1.807) is 0 Å². The van der Waals surface area contributed by atoms with E-state index in [1.807, 2.05) is 0 Å². The maximum Gasteiger partial charge on any atom is 0.267 e. The number of rotatable bonds is 4. The third-order valence-electron chi connectivity index (χ3n) is 2.91. The summed E-state index contributed by atoms with van der Waals surface area (Å²) in [4.78, 5) is 14.4. The number of hydrogen-bond acceptors (Lipinski definition) is 2. The number of hydrogen-bond donors (Lipinski definition) is 3. The van der Waals surface area contributed by atoms with Crippen LogP contribution in [0.25, 0.3) is 0 Å². The molecule has 1 aromatic rings. The molecule has 1 aliphatic heterocycles. The number of amides is 1. The molecule has 0 bridgehead atoms. The molecule has 1 fully saturated rings. The molecule has 2 heterocycles. The Hall–Kier alpha value is -0.710. The molecule has 4 nitrogen and oxygen atoms in total. The molecule has 1 atom stereocenters. The highest BCUT2D eigenvalue weighted by Crippen LogP contribution is 2.21. The Morgan fingerprint density at radius 3 is 2.94 bits per heavy atom. The molecule has 2 rings (SSSR count). The Kier molecular flexibility index (Phi) is 4.31. The number of aromatic nitrogens is 1. The smallest absolute Gasteiger partial charge is 0.267 e. The molecular weight excluding hydrogens is 261 g/mol. The predicted octanol–water partition coefficient (Wildman–Crippen LogP) is 2.19. The summed E-state index contributed by atoms with van der Waals surface area (Å²) in [6.07, 6.45) is 3.37. The fourth-order valence-corrected chi connectivity index (χ4v) is 2.30. The molecule has 3 N–H and O–H groups in total. The summed E-state index contributed by atoms with van der Waals surface area (Å²) in [5.74, 6) is -0.170. The molecule has 0 spiro atoms. The summed E-state index contributed by atoms with van der Waals surface area (Å²) in [6.45, 7) is 1.74. The van der Waals surface area contributed by atoms with E-state index in [4.69, 9.17) is 23.2 Å². The van der Waals surface area contributed by atoms with Gasteiger partial charge in [-0.3, -0.25) is 4.79 Å². The Labute approximate surface area is 110 Å². The van der Waals surface area contributed by atoms with Crippen molar-refractivity contribution < 1.29 is 4.79 Å². The second kappa shape index (κ2) is 5.76. The molecule has 0 aromatic carbocycles. The highest BCUT2D eigenvalue weighted by Gasteiger charge is 2.15. The topological polar surface area (TPSA) is 56.9 Å². The average molecular weight is 276 g/mol. The van der Waals surface area contributed by atoms with E-state index in [2.05, 4.69) is 15.6 Å². The lowest BCUT2D eigenvalue weighted by atomic mass is 10.1. The summed E-state index contributed by atoms with van der Waals surface area (Å²) < 4.78 is 0. The standard InChI is InChI=1S/C11H15Cl2N3O/c12-8-6-9(16-10(8)13)11(17)15-5-3-7-2-1-4-14-7/h6-7,14,16H,1-5H2,(H,15,17). The minimum absolute atomic E-state index is 0.170. The van der Waals surface area contributed by atoms with E-state index < -0.39 is 0 Å². The number of carbonyl (C=O) groups excluding carboxylic acids is 1. The zero-order chi connectivity index (χ0) is 12.3. The summed E-state index contributed by atoms with van der Waals surface area (Å²) >= 11 is 11.5. The number of aromatic amines is 1. The number of carbonyl (C=O) groups is 1. The van der Waals surface area contributed by atoms with Gasteiger partial charge in [-0.25, -0.2) is 0 Å². The third kappa shape index (κ3) is 3.37. The van der Waals surface area contributed by atoms with Gasteiger partial charge in [0.1, 0.15) is 10.8 Å². The SMILES string of the molecule is O=C(NCCC1CCCN1)c1cc(Cl)c(Cl)[nH]1. The van der Waals surface area contributed by atoms with Crippen LogP contribution < -0.4 is 10.6 Å². The molecule has 0 radical (unpaired) electrons. The predicted molar refractivity (Wildman–Crippen MR) is 68.8 cm³/mol. The molecule has 1 saturated heterocycles. The van der Waals surface area contributed by atoms with Crippen LogP contribution in [-0.2, 0) is 0 Å². The number of halogens is 2. The highest BCUT2D eigenvalue weighted by molar-refractivity contribution is 6.41. The van der Waals surface area contributed by atoms with Gasteiger partial charge in [-0.15, -0.1) is 0 Å². The Balaban J connectivity index is 1.76. The molecule has 1 aromatic heterocycles. The van der Waals surface area contributed by atoms with Crippen molar-refractivity contribution in [1.29, 1.82) is 0 Å². The zero-order valence-corrected chi connectivity index (χ0v) is 10.9. The molecule has 1 amide bonds. The first-order valence-electron chi connectivity index (χ1n) is 5.72. The molecule has 1 unspecified atom stereocenters. The van der Waals surface area contributed by atoms with Crippen molar-refractivity contribution >= 4 is 29.1 Å². The quantitative estimate of drug-likeness (QED) is 0.789. The van der Waals surface area contributed by atoms with Gasteiger partial charge < -0.3 is 15.6 Å². The molecular formula is C11H15Cl2N3O. The van der Waals surface area contributed by atoms with Crippen LogP contribution >= 0.6 is 23.2 Å². The summed E-state index contributed by atoms with van der Waals surface area (Å²) in [5, 5.41) is 6.89. The van der Waals surface area contributed by atoms with Crippen LogP contribution in [0.1, 0.15) is 29.8 Å². The van der Waals surface area contributed by atoms with Gasteiger partial charge in [0.15, 0.2) is 0 Å². The van der Waals surface area contributed by atoms with Crippen LogP contribution in [0.5, 0.6) is 0 Å². The van der Waals surface area contributed by atoms with Gasteiger partial charge in [-0.2, -0.15) is 0 Å². The third-order valence-corrected chi connectivity index (χ3v) is 3.60. The van der Waals surface area contributed by atoms with Crippen molar-refractivity contribution in [3.05, 3.63) is 21.9 Å². The molecule has 6 heteroatoms. The summed E-state index contributed by atoms with van der Waals surface area (Å²) in [7, 11) is 0. The molecule has 0 saturated carbocycles. The van der Waals surface area contributed by atoms with Gasteiger partial charge in [0.2, 0.25) is 0 Å². The maximum absolute atomic E-state index is 11.7. The van der Waals surface area contributed by atoms with Crippen LogP contribution in [0.4, 0.5) is 0 Å². The minimum Gasteiger partial charge on any atom is -0.351 e. The van der Waals surface area contributed by atoms with Crippen molar-refractivity contribution in [2.24, 2.45) is 0 Å². The van der Waals surface area contributed by atoms with Gasteiger partial charge in [0.05, 0.1) is 5.02 Å². The zero-order valence-electron chi connectivity index (χ0n) is 9.35.